The molecule has 164 valence electrons. The molecule has 0 fully saturated rings. The zero-order valence-electron chi connectivity index (χ0n) is 16.7. The fourth-order valence-corrected chi connectivity index (χ4v) is 6.39. The van der Waals surface area contributed by atoms with Crippen molar-refractivity contribution in [3.63, 3.8) is 0 Å². The summed E-state index contributed by atoms with van der Waals surface area (Å²) in [6.07, 6.45) is 6.74. The van der Waals surface area contributed by atoms with Crippen LogP contribution in [0.1, 0.15) is 25.0 Å². The van der Waals surface area contributed by atoms with Gasteiger partial charge in [0.2, 0.25) is 0 Å². The number of allylic oxidation sites excluding steroid dienone is 5. The van der Waals surface area contributed by atoms with Crippen molar-refractivity contribution in [3.05, 3.63) is 82.2 Å². The largest absolute Gasteiger partial charge is 0.481 e. The second-order valence-electron chi connectivity index (χ2n) is 6.79. The van der Waals surface area contributed by atoms with Crippen LogP contribution in [-0.2, 0) is 15.1 Å². The predicted molar refractivity (Wildman–Crippen MR) is 124 cm³/mol. The zero-order valence-corrected chi connectivity index (χ0v) is 19.1. The lowest BCUT2D eigenvalue weighted by atomic mass is 10.1. The van der Waals surface area contributed by atoms with Crippen LogP contribution in [0, 0.1) is 11.8 Å². The van der Waals surface area contributed by atoms with E-state index in [0.717, 1.165) is 16.2 Å². The summed E-state index contributed by atoms with van der Waals surface area (Å²) in [6, 6.07) is 6.96. The van der Waals surface area contributed by atoms with Crippen molar-refractivity contribution in [3.8, 4) is 10.6 Å². The summed E-state index contributed by atoms with van der Waals surface area (Å²) in [5.41, 5.74) is 1.27. The van der Waals surface area contributed by atoms with Crippen LogP contribution < -0.4 is 0 Å². The number of carboxylic acids is 1. The van der Waals surface area contributed by atoms with E-state index in [0.29, 0.717) is 27.1 Å². The van der Waals surface area contributed by atoms with Crippen molar-refractivity contribution in [2.24, 2.45) is 4.58 Å². The minimum atomic E-state index is -3.91. The Labute approximate surface area is 189 Å². The first-order valence-electron chi connectivity index (χ1n) is 9.29. The molecule has 0 unspecified atom stereocenters. The Morgan fingerprint density at radius 3 is 2.81 bits per heavy atom. The molecule has 2 aromatic heterocycles. The Kier molecular flexibility index (Phi) is 7.09. The van der Waals surface area contributed by atoms with Crippen molar-refractivity contribution >= 4 is 39.2 Å². The summed E-state index contributed by atoms with van der Waals surface area (Å²) in [7, 11) is -3.91. The molecule has 0 aliphatic carbocycles. The van der Waals surface area contributed by atoms with Gasteiger partial charge in [0, 0.05) is 34.4 Å². The van der Waals surface area contributed by atoms with Gasteiger partial charge in [0.25, 0.3) is 0 Å². The molecule has 10 heteroatoms. The van der Waals surface area contributed by atoms with Gasteiger partial charge in [-0.25, -0.2) is 4.21 Å². The number of nitroso groups, excluding NO2 is 1. The average molecular weight is 481 g/mol. The summed E-state index contributed by atoms with van der Waals surface area (Å²) < 4.78 is 24.1. The van der Waals surface area contributed by atoms with Gasteiger partial charge >= 0.3 is 5.97 Å². The fourth-order valence-electron chi connectivity index (χ4n) is 3.04. The monoisotopic (exact) mass is 480 g/mol. The fraction of sp³-hybridized carbons (Fsp3) is 0.190. The second kappa shape index (κ2) is 9.59. The summed E-state index contributed by atoms with van der Waals surface area (Å²) in [6.45, 7) is 5.40. The predicted octanol–water partition coefficient (Wildman–Crippen LogP) is 5.94. The molecule has 7 nitrogen and oxygen atoms in total. The lowest BCUT2D eigenvalue weighted by Gasteiger charge is -2.27. The lowest BCUT2D eigenvalue weighted by molar-refractivity contribution is -0.136. The van der Waals surface area contributed by atoms with Gasteiger partial charge in [0.05, 0.1) is 4.88 Å². The van der Waals surface area contributed by atoms with Crippen molar-refractivity contribution in [2.75, 3.05) is 0 Å². The van der Waals surface area contributed by atoms with Crippen LogP contribution in [0.25, 0.3) is 10.6 Å². The number of furan rings is 1. The molecule has 0 amide bonds. The number of aryl methyl sites for hydroxylation is 1. The third kappa shape index (κ3) is 5.12. The molecule has 1 aliphatic heterocycles. The Morgan fingerprint density at radius 2 is 2.19 bits per heavy atom. The van der Waals surface area contributed by atoms with Crippen LogP contribution >= 0.6 is 22.9 Å². The summed E-state index contributed by atoms with van der Waals surface area (Å²) in [4.78, 5) is 23.6. The minimum absolute atomic E-state index is 0.0734. The first kappa shape index (κ1) is 22.9. The van der Waals surface area contributed by atoms with E-state index in [-0.39, 0.29) is 12.8 Å². The highest BCUT2D eigenvalue weighted by Crippen LogP contribution is 2.42. The molecule has 3 rings (SSSR count). The first-order valence-corrected chi connectivity index (χ1v) is 12.1. The number of halogens is 1. The highest BCUT2D eigenvalue weighted by atomic mass is 35.5. The van der Waals surface area contributed by atoms with Crippen LogP contribution in [0.5, 0.6) is 0 Å². The quantitative estimate of drug-likeness (QED) is 0.263. The summed E-state index contributed by atoms with van der Waals surface area (Å²) in [5, 5.41) is 9.35. The number of thiophene rings is 1. The number of hydrogen-bond acceptors (Lipinski definition) is 5. The Morgan fingerprint density at radius 1 is 1.42 bits per heavy atom. The van der Waals surface area contributed by atoms with Gasteiger partial charge in [-0.05, 0) is 55.3 Å². The standard InChI is InChI=1S/C21H21ClN2O5S2/c1-3-16(22)6-7-17-12-15(5-10-20(25)26)13-24(17)31(28,23-27)21-11-9-19(30-21)18-8-4-14(2)29-18/h3-4,6-9,11,13,31H,1,5,10,12H2,2H3,(H,25,26)/b16-6+,17-7+. The van der Waals surface area contributed by atoms with Crippen molar-refractivity contribution < 1.29 is 18.5 Å². The Bertz CT molecular complexity index is 1160. The summed E-state index contributed by atoms with van der Waals surface area (Å²) >= 11 is 7.16. The van der Waals surface area contributed by atoms with Gasteiger partial charge in [-0.15, -0.1) is 16.2 Å². The molecular formula is C21H21ClN2O5S2. The molecule has 0 spiro atoms. The van der Waals surface area contributed by atoms with E-state index < -0.39 is 16.3 Å². The summed E-state index contributed by atoms with van der Waals surface area (Å²) in [5.74, 6) is 0.415. The van der Waals surface area contributed by atoms with Crippen LogP contribution in [0.4, 0.5) is 0 Å². The van der Waals surface area contributed by atoms with E-state index in [1.54, 1.807) is 36.6 Å². The van der Waals surface area contributed by atoms with E-state index in [1.165, 1.54) is 21.7 Å². The highest BCUT2D eigenvalue weighted by molar-refractivity contribution is 8.01. The molecule has 0 aromatic carbocycles. The van der Waals surface area contributed by atoms with Gasteiger partial charge in [0.15, 0.2) is 0 Å². The van der Waals surface area contributed by atoms with Gasteiger partial charge in [0.1, 0.15) is 26.0 Å². The van der Waals surface area contributed by atoms with Crippen LogP contribution in [-0.4, -0.2) is 19.6 Å². The molecular weight excluding hydrogens is 460 g/mol. The van der Waals surface area contributed by atoms with Gasteiger partial charge in [-0.3, -0.25) is 9.10 Å². The van der Waals surface area contributed by atoms with E-state index in [4.69, 9.17) is 21.1 Å². The second-order valence-corrected chi connectivity index (χ2v) is 10.8. The maximum Gasteiger partial charge on any atom is 0.303 e. The van der Waals surface area contributed by atoms with Crippen LogP contribution in [0.2, 0.25) is 0 Å². The third-order valence-electron chi connectivity index (χ3n) is 4.56. The molecule has 1 aliphatic rings. The number of aliphatic carboxylic acids is 1. The SMILES string of the molecule is C=C/C(Cl)=C\C=C1/CC(CCC(=O)O)=CN1[SH](=O)(N=O)c1ccc(-c2ccc(C)o2)s1. The smallest absolute Gasteiger partial charge is 0.303 e. The normalized spacial score (nSPS) is 16.5. The zero-order chi connectivity index (χ0) is 22.6. The Balaban J connectivity index is 2.01. The molecule has 2 aromatic rings. The minimum Gasteiger partial charge on any atom is -0.481 e. The molecule has 0 radical (unpaired) electrons. The lowest BCUT2D eigenvalue weighted by Crippen LogP contribution is -2.27. The first-order chi connectivity index (χ1) is 14.8. The maximum atomic E-state index is 13.8. The van der Waals surface area contributed by atoms with Crippen molar-refractivity contribution in [1.29, 1.82) is 0 Å². The number of rotatable bonds is 9. The molecule has 0 atom stereocenters. The van der Waals surface area contributed by atoms with Gasteiger partial charge in [-0.2, -0.15) is 0 Å². The van der Waals surface area contributed by atoms with E-state index in [2.05, 4.69) is 11.2 Å². The van der Waals surface area contributed by atoms with Crippen LogP contribution in [0.15, 0.2) is 84.8 Å². The van der Waals surface area contributed by atoms with E-state index in [9.17, 15) is 13.9 Å². The molecule has 0 saturated carbocycles. The number of nitrogens with zero attached hydrogens (tertiary/aromatic N) is 2. The van der Waals surface area contributed by atoms with Crippen molar-refractivity contribution in [2.45, 2.75) is 30.4 Å². The van der Waals surface area contributed by atoms with Gasteiger partial charge in [-0.1, -0.05) is 24.3 Å². The molecule has 0 saturated heterocycles. The number of carboxylic acid groups (broad SMARTS) is 1. The van der Waals surface area contributed by atoms with Crippen LogP contribution in [0.3, 0.4) is 0 Å². The molecule has 31 heavy (non-hydrogen) atoms. The molecule has 0 bridgehead atoms. The Hall–Kier alpha value is -2.75. The average Bonchev–Trinajstić information content (AvgIpc) is 3.49. The molecule has 1 N–H and O–H groups in total. The maximum absolute atomic E-state index is 13.8. The number of hydrogen-bond donors (Lipinski definition) is 2. The topological polar surface area (TPSA) is 100 Å². The van der Waals surface area contributed by atoms with Crippen molar-refractivity contribution in [1.82, 2.24) is 4.31 Å². The van der Waals surface area contributed by atoms with E-state index in [1.807, 2.05) is 13.0 Å². The molecule has 3 heterocycles. The van der Waals surface area contributed by atoms with Gasteiger partial charge < -0.3 is 9.52 Å². The number of thiol groups is 1. The van der Waals surface area contributed by atoms with E-state index >= 15 is 0 Å². The third-order valence-corrected chi connectivity index (χ3v) is 8.63. The highest BCUT2D eigenvalue weighted by Gasteiger charge is 2.33. The number of carbonyl (C=O) groups is 1.